The molecule has 24 heavy (non-hydrogen) atoms. The molecule has 0 aliphatic carbocycles. The summed E-state index contributed by atoms with van der Waals surface area (Å²) in [5, 5.41) is 3.71. The number of rotatable bonds is 5. The van der Waals surface area contributed by atoms with Crippen molar-refractivity contribution in [2.45, 2.75) is 32.4 Å². The maximum atomic E-state index is 13.0. The second kappa shape index (κ2) is 7.41. The van der Waals surface area contributed by atoms with E-state index in [2.05, 4.69) is 5.32 Å². The summed E-state index contributed by atoms with van der Waals surface area (Å²) in [4.78, 5) is 12.4. The zero-order valence-electron chi connectivity index (χ0n) is 13.6. The first-order valence-corrected chi connectivity index (χ1v) is 8.14. The summed E-state index contributed by atoms with van der Waals surface area (Å²) >= 11 is 11.9. The van der Waals surface area contributed by atoms with Crippen molar-refractivity contribution in [3.63, 3.8) is 0 Å². The van der Waals surface area contributed by atoms with Gasteiger partial charge in [0.05, 0.1) is 10.6 Å². The topological polar surface area (TPSA) is 38.3 Å². The second-order valence-electron chi connectivity index (χ2n) is 5.96. The molecule has 0 aliphatic rings. The normalized spacial score (nSPS) is 12.6. The molecule has 0 aromatic heterocycles. The molecule has 2 aromatic carbocycles. The minimum atomic E-state index is -0.761. The molecule has 128 valence electrons. The van der Waals surface area contributed by atoms with E-state index in [1.807, 2.05) is 13.8 Å². The van der Waals surface area contributed by atoms with Gasteiger partial charge in [-0.25, -0.2) is 4.39 Å². The van der Waals surface area contributed by atoms with Gasteiger partial charge in [-0.15, -0.1) is 0 Å². The predicted molar refractivity (Wildman–Crippen MR) is 94.1 cm³/mol. The van der Waals surface area contributed by atoms with Gasteiger partial charge in [-0.05, 0) is 56.7 Å². The Balaban J connectivity index is 2.06. The van der Waals surface area contributed by atoms with Crippen molar-refractivity contribution in [3.8, 4) is 5.75 Å². The van der Waals surface area contributed by atoms with E-state index in [4.69, 9.17) is 27.9 Å². The summed E-state index contributed by atoms with van der Waals surface area (Å²) in [6, 6.07) is 10.8. The van der Waals surface area contributed by atoms with Crippen molar-refractivity contribution >= 4 is 29.1 Å². The fraction of sp³-hybridized carbons (Fsp3) is 0.278. The molecule has 0 saturated carbocycles. The molecule has 0 aliphatic heterocycles. The monoisotopic (exact) mass is 369 g/mol. The van der Waals surface area contributed by atoms with Crippen LogP contribution in [0.25, 0.3) is 0 Å². The van der Waals surface area contributed by atoms with Crippen LogP contribution < -0.4 is 10.1 Å². The maximum absolute atomic E-state index is 13.0. The summed E-state index contributed by atoms with van der Waals surface area (Å²) in [6.45, 7) is 5.29. The summed E-state index contributed by atoms with van der Waals surface area (Å²) in [5.74, 6) is -0.256. The Labute approximate surface area is 150 Å². The lowest BCUT2D eigenvalue weighted by Crippen LogP contribution is -2.46. The Morgan fingerprint density at radius 2 is 1.79 bits per heavy atom. The highest BCUT2D eigenvalue weighted by Crippen LogP contribution is 2.28. The first-order valence-electron chi connectivity index (χ1n) is 7.39. The van der Waals surface area contributed by atoms with E-state index in [-0.39, 0.29) is 11.7 Å². The van der Waals surface area contributed by atoms with Crippen molar-refractivity contribution in [1.82, 2.24) is 5.32 Å². The SMILES string of the molecule is CC(Oc1ccc(Cl)cc1Cl)C(=O)NC(C)(C)c1ccc(F)cc1. The van der Waals surface area contributed by atoms with E-state index in [0.717, 1.165) is 5.56 Å². The molecule has 3 nitrogen and oxygen atoms in total. The summed E-state index contributed by atoms with van der Waals surface area (Å²) < 4.78 is 18.6. The van der Waals surface area contributed by atoms with E-state index in [9.17, 15) is 9.18 Å². The van der Waals surface area contributed by atoms with Crippen LogP contribution in [0.15, 0.2) is 42.5 Å². The first kappa shape index (κ1) is 18.6. The molecule has 1 unspecified atom stereocenters. The quantitative estimate of drug-likeness (QED) is 0.809. The summed E-state index contributed by atoms with van der Waals surface area (Å²) in [5.41, 5.74) is 0.112. The Morgan fingerprint density at radius 3 is 2.38 bits per heavy atom. The van der Waals surface area contributed by atoms with E-state index in [0.29, 0.717) is 15.8 Å². The van der Waals surface area contributed by atoms with Crippen molar-refractivity contribution < 1.29 is 13.9 Å². The van der Waals surface area contributed by atoms with Gasteiger partial charge in [-0.2, -0.15) is 0 Å². The minimum absolute atomic E-state index is 0.310. The zero-order valence-corrected chi connectivity index (χ0v) is 15.1. The van der Waals surface area contributed by atoms with E-state index >= 15 is 0 Å². The molecule has 2 rings (SSSR count). The molecular formula is C18H18Cl2FNO2. The highest BCUT2D eigenvalue weighted by atomic mass is 35.5. The second-order valence-corrected chi connectivity index (χ2v) is 6.80. The molecule has 0 fully saturated rings. The Morgan fingerprint density at radius 1 is 1.17 bits per heavy atom. The van der Waals surface area contributed by atoms with Crippen LogP contribution in [0.4, 0.5) is 4.39 Å². The molecule has 0 radical (unpaired) electrons. The molecule has 1 N–H and O–H groups in total. The van der Waals surface area contributed by atoms with E-state index in [1.165, 1.54) is 12.1 Å². The van der Waals surface area contributed by atoms with Crippen molar-refractivity contribution in [3.05, 3.63) is 63.9 Å². The zero-order chi connectivity index (χ0) is 17.9. The van der Waals surface area contributed by atoms with Crippen LogP contribution >= 0.6 is 23.2 Å². The van der Waals surface area contributed by atoms with Crippen LogP contribution in [0.3, 0.4) is 0 Å². The Bertz CT molecular complexity index is 732. The van der Waals surface area contributed by atoms with Crippen LogP contribution in [0.2, 0.25) is 10.0 Å². The largest absolute Gasteiger partial charge is 0.479 e. The predicted octanol–water partition coefficient (Wildman–Crippen LogP) is 4.95. The van der Waals surface area contributed by atoms with Crippen LogP contribution in [0, 0.1) is 5.82 Å². The van der Waals surface area contributed by atoms with Crippen LogP contribution in [-0.4, -0.2) is 12.0 Å². The van der Waals surface area contributed by atoms with Gasteiger partial charge in [-0.3, -0.25) is 4.79 Å². The van der Waals surface area contributed by atoms with Gasteiger partial charge in [0, 0.05) is 5.02 Å². The standard InChI is InChI=1S/C18H18Cl2FNO2/c1-11(24-16-9-6-13(19)10-15(16)20)17(23)22-18(2,3)12-4-7-14(21)8-5-12/h4-11H,1-3H3,(H,22,23). The number of nitrogens with one attached hydrogen (secondary N) is 1. The lowest BCUT2D eigenvalue weighted by Gasteiger charge is -2.28. The van der Waals surface area contributed by atoms with E-state index < -0.39 is 11.6 Å². The van der Waals surface area contributed by atoms with E-state index in [1.54, 1.807) is 37.3 Å². The first-order chi connectivity index (χ1) is 11.2. The molecule has 1 amide bonds. The van der Waals surface area contributed by atoms with Crippen molar-refractivity contribution in [2.75, 3.05) is 0 Å². The van der Waals surface area contributed by atoms with Gasteiger partial charge in [0.15, 0.2) is 6.10 Å². The summed E-state index contributed by atoms with van der Waals surface area (Å²) in [6.07, 6.45) is -0.761. The minimum Gasteiger partial charge on any atom is -0.479 e. The number of carbonyl (C=O) groups excluding carboxylic acids is 1. The third kappa shape index (κ3) is 4.62. The number of hydrogen-bond acceptors (Lipinski definition) is 2. The van der Waals surface area contributed by atoms with Gasteiger partial charge in [0.1, 0.15) is 11.6 Å². The van der Waals surface area contributed by atoms with Crippen LogP contribution in [0.1, 0.15) is 26.3 Å². The third-order valence-corrected chi connectivity index (χ3v) is 4.10. The van der Waals surface area contributed by atoms with Gasteiger partial charge < -0.3 is 10.1 Å². The molecule has 0 saturated heterocycles. The third-order valence-electron chi connectivity index (χ3n) is 3.57. The fourth-order valence-corrected chi connectivity index (χ4v) is 2.62. The summed E-state index contributed by atoms with van der Waals surface area (Å²) in [7, 11) is 0. The molecule has 0 spiro atoms. The average Bonchev–Trinajstić information content (AvgIpc) is 2.50. The molecule has 6 heteroatoms. The number of amides is 1. The number of carbonyl (C=O) groups is 1. The maximum Gasteiger partial charge on any atom is 0.261 e. The van der Waals surface area contributed by atoms with Gasteiger partial charge >= 0.3 is 0 Å². The highest BCUT2D eigenvalue weighted by molar-refractivity contribution is 6.35. The number of benzene rings is 2. The van der Waals surface area contributed by atoms with Gasteiger partial charge in [0.2, 0.25) is 0 Å². The van der Waals surface area contributed by atoms with Crippen LogP contribution in [0.5, 0.6) is 5.75 Å². The molecule has 2 aromatic rings. The number of ether oxygens (including phenoxy) is 1. The van der Waals surface area contributed by atoms with Crippen LogP contribution in [-0.2, 0) is 10.3 Å². The Kier molecular flexibility index (Phi) is 5.73. The smallest absolute Gasteiger partial charge is 0.261 e. The number of halogens is 3. The lowest BCUT2D eigenvalue weighted by molar-refractivity contribution is -0.129. The lowest BCUT2D eigenvalue weighted by atomic mass is 9.94. The van der Waals surface area contributed by atoms with Crippen molar-refractivity contribution in [1.29, 1.82) is 0 Å². The molecule has 1 atom stereocenters. The highest BCUT2D eigenvalue weighted by Gasteiger charge is 2.26. The van der Waals surface area contributed by atoms with Gasteiger partial charge in [0.25, 0.3) is 5.91 Å². The molecular weight excluding hydrogens is 352 g/mol. The Hall–Kier alpha value is -1.78. The molecule has 0 bridgehead atoms. The fourth-order valence-electron chi connectivity index (χ4n) is 2.16. The average molecular weight is 370 g/mol. The van der Waals surface area contributed by atoms with Gasteiger partial charge in [-0.1, -0.05) is 35.3 Å². The van der Waals surface area contributed by atoms with Crippen molar-refractivity contribution in [2.24, 2.45) is 0 Å². The number of hydrogen-bond donors (Lipinski definition) is 1. The molecule has 0 heterocycles.